The average Bonchev–Trinajstić information content (AvgIpc) is 3.96. The van der Waals surface area contributed by atoms with Gasteiger partial charge in [0, 0.05) is 67.9 Å². The molecule has 12 rings (SSSR count). The lowest BCUT2D eigenvalue weighted by Crippen LogP contribution is -2.33. The van der Waals surface area contributed by atoms with E-state index in [4.69, 9.17) is 9.98 Å². The van der Waals surface area contributed by atoms with Gasteiger partial charge in [-0.2, -0.15) is 0 Å². The maximum absolute atomic E-state index is 5.14. The van der Waals surface area contributed by atoms with Crippen molar-refractivity contribution in [3.8, 4) is 16.8 Å². The van der Waals surface area contributed by atoms with E-state index in [2.05, 4.69) is 168 Å². The van der Waals surface area contributed by atoms with E-state index in [0.717, 1.165) is 28.2 Å². The smallest absolute Gasteiger partial charge is 0.159 e. The number of hydrogen-bond donors (Lipinski definition) is 1. The van der Waals surface area contributed by atoms with Gasteiger partial charge in [0.2, 0.25) is 0 Å². The van der Waals surface area contributed by atoms with E-state index in [0.29, 0.717) is 5.84 Å². The van der Waals surface area contributed by atoms with Crippen LogP contribution < -0.4 is 5.32 Å². The van der Waals surface area contributed by atoms with E-state index >= 15 is 0 Å². The Morgan fingerprint density at radius 3 is 2.05 bits per heavy atom. The molecule has 57 heavy (non-hydrogen) atoms. The van der Waals surface area contributed by atoms with Crippen molar-refractivity contribution in [1.82, 2.24) is 9.88 Å². The van der Waals surface area contributed by atoms with Gasteiger partial charge in [0.05, 0.1) is 11.0 Å². The number of nitrogens with zero attached hydrogens (tertiary/aromatic N) is 3. The number of benzene rings is 8. The summed E-state index contributed by atoms with van der Waals surface area (Å²) >= 11 is 3.76. The first kappa shape index (κ1) is 32.4. The van der Waals surface area contributed by atoms with Crippen LogP contribution in [0.15, 0.2) is 192 Å². The van der Waals surface area contributed by atoms with E-state index in [9.17, 15) is 0 Å². The molecule has 1 aliphatic heterocycles. The van der Waals surface area contributed by atoms with Crippen molar-refractivity contribution in [2.75, 3.05) is 0 Å². The van der Waals surface area contributed by atoms with Crippen LogP contribution in [0.5, 0.6) is 0 Å². The zero-order valence-corrected chi connectivity index (χ0v) is 32.2. The van der Waals surface area contributed by atoms with E-state index in [1.54, 1.807) is 0 Å². The van der Waals surface area contributed by atoms with Crippen LogP contribution in [-0.2, 0) is 0 Å². The van der Waals surface area contributed by atoms with Gasteiger partial charge in [-0.05, 0) is 71.3 Å². The second-order valence-electron chi connectivity index (χ2n) is 14.6. The molecule has 0 fully saturated rings. The molecule has 0 radical (unpaired) electrons. The van der Waals surface area contributed by atoms with Gasteiger partial charge >= 0.3 is 0 Å². The number of nitrogens with one attached hydrogen (secondary N) is 1. The predicted octanol–water partition coefficient (Wildman–Crippen LogP) is 13.7. The first-order valence-corrected chi connectivity index (χ1v) is 20.8. The Hall–Kier alpha value is -6.86. The normalized spacial score (nSPS) is 14.5. The van der Waals surface area contributed by atoms with Gasteiger partial charge in [-0.1, -0.05) is 127 Å². The maximum atomic E-state index is 5.14. The second-order valence-corrected chi connectivity index (χ2v) is 16.7. The summed E-state index contributed by atoms with van der Waals surface area (Å²) in [6.45, 7) is 0. The lowest BCUT2D eigenvalue weighted by molar-refractivity contribution is 0.674. The maximum Gasteiger partial charge on any atom is 0.159 e. The Kier molecular flexibility index (Phi) is 7.30. The highest BCUT2D eigenvalue weighted by atomic mass is 32.1. The lowest BCUT2D eigenvalue weighted by atomic mass is 10.00. The third-order valence-corrected chi connectivity index (χ3v) is 13.6. The van der Waals surface area contributed by atoms with Crippen LogP contribution in [-0.4, -0.2) is 16.2 Å². The number of rotatable bonds is 5. The molecule has 0 bridgehead atoms. The quantitative estimate of drug-likeness (QED) is 0.186. The average molecular weight is 765 g/mol. The summed E-state index contributed by atoms with van der Waals surface area (Å²) < 4.78 is 7.70. The third-order valence-electron chi connectivity index (χ3n) is 11.3. The van der Waals surface area contributed by atoms with Gasteiger partial charge < -0.3 is 9.88 Å². The van der Waals surface area contributed by atoms with Crippen LogP contribution in [0, 0.1) is 0 Å². The van der Waals surface area contributed by atoms with Gasteiger partial charge in [-0.3, -0.25) is 0 Å². The van der Waals surface area contributed by atoms with Crippen molar-refractivity contribution in [2.24, 2.45) is 9.98 Å². The lowest BCUT2D eigenvalue weighted by Gasteiger charge is -2.23. The second kappa shape index (κ2) is 12.8. The molecule has 0 saturated carbocycles. The van der Waals surface area contributed by atoms with Gasteiger partial charge in [0.25, 0.3) is 0 Å². The molecule has 0 aliphatic carbocycles. The summed E-state index contributed by atoms with van der Waals surface area (Å²) in [4.78, 5) is 10.2. The van der Waals surface area contributed by atoms with Crippen molar-refractivity contribution in [2.45, 2.75) is 6.17 Å². The number of para-hydroxylation sites is 1. The van der Waals surface area contributed by atoms with Crippen LogP contribution in [0.4, 0.5) is 0 Å². The Morgan fingerprint density at radius 1 is 0.491 bits per heavy atom. The fourth-order valence-electron chi connectivity index (χ4n) is 8.61. The highest BCUT2D eigenvalue weighted by Crippen LogP contribution is 2.46. The number of amidine groups is 2. The third kappa shape index (κ3) is 5.18. The largest absolute Gasteiger partial charge is 0.344 e. The topological polar surface area (TPSA) is 41.7 Å². The van der Waals surface area contributed by atoms with Crippen molar-refractivity contribution in [3.05, 3.63) is 199 Å². The van der Waals surface area contributed by atoms with Crippen molar-refractivity contribution < 1.29 is 0 Å². The minimum Gasteiger partial charge on any atom is -0.344 e. The number of hydrogen-bond acceptors (Lipinski definition) is 5. The predicted molar refractivity (Wildman–Crippen MR) is 244 cm³/mol. The summed E-state index contributed by atoms with van der Waals surface area (Å²) in [5, 5.41) is 11.3. The van der Waals surface area contributed by atoms with Gasteiger partial charge in [0.1, 0.15) is 12.0 Å². The van der Waals surface area contributed by atoms with Gasteiger partial charge in [0.15, 0.2) is 5.84 Å². The molecule has 6 heteroatoms. The summed E-state index contributed by atoms with van der Waals surface area (Å²) in [6, 6.07) is 65.4. The first-order valence-electron chi connectivity index (χ1n) is 19.2. The molecular formula is C51H32N4S2. The summed E-state index contributed by atoms with van der Waals surface area (Å²) in [5.74, 6) is 1.53. The van der Waals surface area contributed by atoms with Crippen LogP contribution in [0.25, 0.3) is 79.0 Å². The van der Waals surface area contributed by atoms with Crippen molar-refractivity contribution >= 4 is 96.5 Å². The summed E-state index contributed by atoms with van der Waals surface area (Å²) in [5.41, 5.74) is 9.15. The van der Waals surface area contributed by atoms with E-state index in [-0.39, 0.29) is 6.17 Å². The number of aliphatic imine (C=N–C) groups is 2. The zero-order valence-electron chi connectivity index (χ0n) is 30.6. The molecule has 4 heterocycles. The fourth-order valence-corrected chi connectivity index (χ4v) is 10.9. The van der Waals surface area contributed by atoms with Gasteiger partial charge in [-0.15, -0.1) is 22.7 Å². The number of thiophene rings is 2. The molecule has 1 unspecified atom stereocenters. The monoisotopic (exact) mass is 764 g/mol. The molecule has 4 nitrogen and oxygen atoms in total. The highest BCUT2D eigenvalue weighted by molar-refractivity contribution is 7.26. The van der Waals surface area contributed by atoms with Gasteiger partial charge in [-0.25, -0.2) is 9.98 Å². The van der Waals surface area contributed by atoms with Crippen LogP contribution in [0.2, 0.25) is 0 Å². The van der Waals surface area contributed by atoms with Crippen LogP contribution in [0.1, 0.15) is 22.9 Å². The van der Waals surface area contributed by atoms with E-state index in [1.165, 1.54) is 73.3 Å². The Morgan fingerprint density at radius 2 is 1.19 bits per heavy atom. The number of aromatic nitrogens is 1. The molecule has 1 aliphatic rings. The fraction of sp³-hybridized carbons (Fsp3) is 0.0196. The molecule has 0 saturated heterocycles. The first-order chi connectivity index (χ1) is 28.2. The van der Waals surface area contributed by atoms with Crippen LogP contribution in [0.3, 0.4) is 0 Å². The molecule has 0 spiro atoms. The van der Waals surface area contributed by atoms with E-state index in [1.807, 2.05) is 46.9 Å². The highest BCUT2D eigenvalue weighted by Gasteiger charge is 2.22. The Bertz CT molecular complexity index is 3430. The molecule has 11 aromatic rings. The van der Waals surface area contributed by atoms with E-state index < -0.39 is 0 Å². The molecule has 1 atom stereocenters. The zero-order chi connectivity index (χ0) is 37.5. The van der Waals surface area contributed by atoms with Crippen LogP contribution >= 0.6 is 22.7 Å². The molecular weight excluding hydrogens is 733 g/mol. The SMILES string of the molecule is c1ccc(C2=NC(c3ccc(-n4c5ccccc5c5ccc6sc7ccc(-c8cccc9c8sc8ccccc89)cc7c6c54)cc3)=NC(c3ccccc3)N2)cc1. The summed E-state index contributed by atoms with van der Waals surface area (Å²) in [6.07, 6.45) is -0.248. The standard InChI is InChI=1S/C51H32N4S2/c1-3-12-31(13-4-1)49-52-50(32-14-5-2-6-15-32)54-51(53-49)33-22-25-35(26-23-33)55-42-20-9-7-16-37(42)39-27-29-45-46(47(39)55)41-30-34(24-28-44(41)56-45)36-18-11-19-40-38-17-8-10-21-43(38)57-48(36)40/h1-30,49H,(H,52,53,54). The van der Waals surface area contributed by atoms with Crippen molar-refractivity contribution in [1.29, 1.82) is 0 Å². The Labute approximate surface area is 336 Å². The number of fused-ring (bicyclic) bond motifs is 10. The minimum absolute atomic E-state index is 0.248. The molecule has 1 N–H and O–H groups in total. The van der Waals surface area contributed by atoms with Crippen molar-refractivity contribution in [3.63, 3.8) is 0 Å². The molecule has 3 aromatic heterocycles. The molecule has 0 amide bonds. The summed E-state index contributed by atoms with van der Waals surface area (Å²) in [7, 11) is 0. The minimum atomic E-state index is -0.248. The molecule has 268 valence electrons. The Balaban J connectivity index is 1.03. The molecule has 8 aromatic carbocycles.